The fourth-order valence-corrected chi connectivity index (χ4v) is 3.73. The minimum absolute atomic E-state index is 0. The molecule has 1 aliphatic heterocycles. The van der Waals surface area contributed by atoms with Gasteiger partial charge in [-0.05, 0) is 19.8 Å². The lowest BCUT2D eigenvalue weighted by molar-refractivity contribution is -0.176. The van der Waals surface area contributed by atoms with Gasteiger partial charge < -0.3 is 24.4 Å². The normalized spacial score (nSPS) is 31.4. The van der Waals surface area contributed by atoms with E-state index in [4.69, 9.17) is 14.2 Å². The van der Waals surface area contributed by atoms with Crippen LogP contribution in [0.4, 0.5) is 0 Å². The SMILES string of the molecule is CN=C(NC1CC(C)(OC)C1(C)C)N1CCC(COCCOC)C1.I. The van der Waals surface area contributed by atoms with Crippen LogP contribution in [0.1, 0.15) is 33.6 Å². The maximum absolute atomic E-state index is 5.72. The molecule has 2 fully saturated rings. The molecule has 6 nitrogen and oxygen atoms in total. The molecule has 0 radical (unpaired) electrons. The molecule has 0 aromatic carbocycles. The Morgan fingerprint density at radius 1 is 1.24 bits per heavy atom. The maximum atomic E-state index is 5.72. The fraction of sp³-hybridized carbons (Fsp3) is 0.944. The van der Waals surface area contributed by atoms with Crippen molar-refractivity contribution in [1.82, 2.24) is 10.2 Å². The summed E-state index contributed by atoms with van der Waals surface area (Å²) in [5.41, 5.74) is 0.0202. The van der Waals surface area contributed by atoms with Crippen LogP contribution in [-0.2, 0) is 14.2 Å². The zero-order chi connectivity index (χ0) is 17.8. The summed E-state index contributed by atoms with van der Waals surface area (Å²) in [6, 6.07) is 0.387. The molecule has 3 atom stereocenters. The Hall–Kier alpha value is -0.120. The summed E-state index contributed by atoms with van der Waals surface area (Å²) < 4.78 is 16.4. The van der Waals surface area contributed by atoms with Gasteiger partial charge in [0.05, 0.1) is 25.4 Å². The first kappa shape index (κ1) is 22.9. The smallest absolute Gasteiger partial charge is 0.193 e. The van der Waals surface area contributed by atoms with Crippen LogP contribution in [0.3, 0.4) is 0 Å². The van der Waals surface area contributed by atoms with Gasteiger partial charge in [0, 0.05) is 51.7 Å². The molecule has 0 bridgehead atoms. The summed E-state index contributed by atoms with van der Waals surface area (Å²) >= 11 is 0. The number of rotatable bonds is 7. The molecule has 1 aliphatic carbocycles. The summed E-state index contributed by atoms with van der Waals surface area (Å²) in [6.45, 7) is 10.9. The molecule has 148 valence electrons. The van der Waals surface area contributed by atoms with Crippen molar-refractivity contribution in [3.05, 3.63) is 0 Å². The Balaban J connectivity index is 0.00000312. The van der Waals surface area contributed by atoms with E-state index < -0.39 is 0 Å². The first-order chi connectivity index (χ1) is 11.4. The monoisotopic (exact) mass is 469 g/mol. The van der Waals surface area contributed by atoms with E-state index in [1.54, 1.807) is 14.2 Å². The second kappa shape index (κ2) is 9.71. The van der Waals surface area contributed by atoms with Gasteiger partial charge in [-0.15, -0.1) is 24.0 Å². The van der Waals surface area contributed by atoms with Crippen molar-refractivity contribution in [2.24, 2.45) is 16.3 Å². The van der Waals surface area contributed by atoms with Gasteiger partial charge in [-0.1, -0.05) is 13.8 Å². The van der Waals surface area contributed by atoms with E-state index in [2.05, 4.69) is 36.0 Å². The Bertz CT molecular complexity index is 447. The zero-order valence-corrected chi connectivity index (χ0v) is 19.0. The van der Waals surface area contributed by atoms with Crippen LogP contribution in [-0.4, -0.2) is 76.7 Å². The summed E-state index contributed by atoms with van der Waals surface area (Å²) in [4.78, 5) is 6.86. The van der Waals surface area contributed by atoms with Crippen molar-refractivity contribution in [3.8, 4) is 0 Å². The predicted octanol–water partition coefficient (Wildman–Crippen LogP) is 2.37. The molecule has 0 spiro atoms. The van der Waals surface area contributed by atoms with E-state index in [0.717, 1.165) is 38.5 Å². The average Bonchev–Trinajstić information content (AvgIpc) is 3.03. The third-order valence-electron chi connectivity index (χ3n) is 6.16. The Morgan fingerprint density at radius 2 is 1.96 bits per heavy atom. The van der Waals surface area contributed by atoms with Crippen molar-refractivity contribution in [3.63, 3.8) is 0 Å². The Morgan fingerprint density at radius 3 is 2.52 bits per heavy atom. The maximum Gasteiger partial charge on any atom is 0.193 e. The van der Waals surface area contributed by atoms with Crippen LogP contribution in [0.5, 0.6) is 0 Å². The van der Waals surface area contributed by atoms with Crippen molar-refractivity contribution in [2.45, 2.75) is 45.3 Å². The Kier molecular flexibility index (Phi) is 8.90. The highest BCUT2D eigenvalue weighted by Gasteiger charge is 2.58. The van der Waals surface area contributed by atoms with E-state index in [9.17, 15) is 0 Å². The number of nitrogens with zero attached hydrogens (tertiary/aromatic N) is 2. The summed E-state index contributed by atoms with van der Waals surface area (Å²) in [5.74, 6) is 1.57. The standard InChI is InChI=1S/C18H35N3O3.HI/c1-17(2)15(11-18(17,3)23-6)20-16(19-4)21-8-7-14(12-21)13-24-10-9-22-5;/h14-15H,7-13H2,1-6H3,(H,19,20);1H. The minimum Gasteiger partial charge on any atom is -0.382 e. The third kappa shape index (κ3) is 4.99. The fourth-order valence-electron chi connectivity index (χ4n) is 3.73. The largest absolute Gasteiger partial charge is 0.382 e. The number of methoxy groups -OCH3 is 2. The van der Waals surface area contributed by atoms with Gasteiger partial charge in [-0.3, -0.25) is 4.99 Å². The van der Waals surface area contributed by atoms with Crippen molar-refractivity contribution in [2.75, 3.05) is 54.2 Å². The highest BCUT2D eigenvalue weighted by atomic mass is 127. The number of nitrogens with one attached hydrogen (secondary N) is 1. The van der Waals surface area contributed by atoms with Gasteiger partial charge in [0.15, 0.2) is 5.96 Å². The number of hydrogen-bond donors (Lipinski definition) is 1. The van der Waals surface area contributed by atoms with E-state index >= 15 is 0 Å². The molecule has 0 amide bonds. The molecular weight excluding hydrogens is 433 g/mol. The predicted molar refractivity (Wildman–Crippen MR) is 112 cm³/mol. The lowest BCUT2D eigenvalue weighted by Crippen LogP contribution is -2.69. The van der Waals surface area contributed by atoms with E-state index in [1.165, 1.54) is 0 Å². The van der Waals surface area contributed by atoms with Crippen molar-refractivity contribution >= 4 is 29.9 Å². The van der Waals surface area contributed by atoms with Gasteiger partial charge in [-0.2, -0.15) is 0 Å². The molecule has 0 aromatic rings. The number of aliphatic imine (C=N–C) groups is 1. The number of guanidine groups is 1. The molecule has 1 saturated carbocycles. The first-order valence-electron chi connectivity index (χ1n) is 8.98. The second-order valence-electron chi connectivity index (χ2n) is 7.77. The summed E-state index contributed by atoms with van der Waals surface area (Å²) in [5, 5.41) is 3.66. The van der Waals surface area contributed by atoms with Gasteiger partial charge in [0.1, 0.15) is 0 Å². The molecule has 1 saturated heterocycles. The van der Waals surface area contributed by atoms with Crippen molar-refractivity contribution < 1.29 is 14.2 Å². The minimum atomic E-state index is -0.0632. The quantitative estimate of drug-likeness (QED) is 0.269. The van der Waals surface area contributed by atoms with Crippen LogP contribution in [0.2, 0.25) is 0 Å². The Labute approximate surface area is 170 Å². The molecule has 1 N–H and O–H groups in total. The molecule has 2 rings (SSSR count). The number of ether oxygens (including phenoxy) is 3. The molecule has 25 heavy (non-hydrogen) atoms. The highest BCUT2D eigenvalue weighted by Crippen LogP contribution is 2.51. The average molecular weight is 469 g/mol. The molecule has 3 unspecified atom stereocenters. The van der Waals surface area contributed by atoms with E-state index in [0.29, 0.717) is 25.2 Å². The number of likely N-dealkylation sites (tertiary alicyclic amines) is 1. The van der Waals surface area contributed by atoms with Gasteiger partial charge >= 0.3 is 0 Å². The van der Waals surface area contributed by atoms with Crippen LogP contribution >= 0.6 is 24.0 Å². The van der Waals surface area contributed by atoms with Gasteiger partial charge in [0.2, 0.25) is 0 Å². The molecule has 2 aliphatic rings. The molecule has 7 heteroatoms. The summed E-state index contributed by atoms with van der Waals surface area (Å²) in [7, 11) is 5.38. The second-order valence-corrected chi connectivity index (χ2v) is 7.77. The van der Waals surface area contributed by atoms with E-state index in [1.807, 2.05) is 7.05 Å². The van der Waals surface area contributed by atoms with E-state index in [-0.39, 0.29) is 35.0 Å². The zero-order valence-electron chi connectivity index (χ0n) is 16.6. The van der Waals surface area contributed by atoms with Crippen LogP contribution in [0.15, 0.2) is 4.99 Å². The van der Waals surface area contributed by atoms with Crippen LogP contribution in [0.25, 0.3) is 0 Å². The van der Waals surface area contributed by atoms with Crippen LogP contribution < -0.4 is 5.32 Å². The topological polar surface area (TPSA) is 55.3 Å². The number of halogens is 1. The lowest BCUT2D eigenvalue weighted by atomic mass is 9.56. The molecular formula is C18H36IN3O3. The molecule has 1 heterocycles. The number of hydrogen-bond acceptors (Lipinski definition) is 4. The van der Waals surface area contributed by atoms with Crippen molar-refractivity contribution in [1.29, 1.82) is 0 Å². The van der Waals surface area contributed by atoms with Gasteiger partial charge in [-0.25, -0.2) is 0 Å². The highest BCUT2D eigenvalue weighted by molar-refractivity contribution is 14.0. The third-order valence-corrected chi connectivity index (χ3v) is 6.16. The first-order valence-corrected chi connectivity index (χ1v) is 8.98. The molecule has 0 aromatic heterocycles. The lowest BCUT2D eigenvalue weighted by Gasteiger charge is -2.59. The van der Waals surface area contributed by atoms with Crippen LogP contribution in [0, 0.1) is 11.3 Å². The summed E-state index contributed by atoms with van der Waals surface area (Å²) in [6.07, 6.45) is 2.16. The van der Waals surface area contributed by atoms with Gasteiger partial charge in [0.25, 0.3) is 0 Å².